The lowest BCUT2D eigenvalue weighted by Crippen LogP contribution is -2.16. The summed E-state index contributed by atoms with van der Waals surface area (Å²) >= 11 is 11.9. The van der Waals surface area contributed by atoms with E-state index in [1.165, 1.54) is 5.56 Å². The second-order valence-electron chi connectivity index (χ2n) is 5.21. The molecule has 2 aromatic rings. The molecule has 0 aliphatic heterocycles. The van der Waals surface area contributed by atoms with Crippen LogP contribution in [0.2, 0.25) is 10.0 Å². The van der Waals surface area contributed by atoms with Crippen molar-refractivity contribution in [2.75, 3.05) is 20.3 Å². The fourth-order valence-corrected chi connectivity index (χ4v) is 2.44. The fraction of sp³-hybridized carbons (Fsp3) is 0.333. The van der Waals surface area contributed by atoms with Crippen LogP contribution in [0.25, 0.3) is 0 Å². The first kappa shape index (κ1) is 18.1. The van der Waals surface area contributed by atoms with Crippen molar-refractivity contribution in [3.05, 3.63) is 63.6 Å². The Morgan fingerprint density at radius 2 is 1.87 bits per heavy atom. The van der Waals surface area contributed by atoms with Gasteiger partial charge in [0.25, 0.3) is 0 Å². The second kappa shape index (κ2) is 9.78. The molecule has 5 heteroatoms. The first-order chi connectivity index (χ1) is 11.2. The van der Waals surface area contributed by atoms with Crippen molar-refractivity contribution >= 4 is 23.2 Å². The van der Waals surface area contributed by atoms with E-state index in [0.717, 1.165) is 37.4 Å². The lowest BCUT2D eigenvalue weighted by Gasteiger charge is -2.09. The molecule has 1 N–H and O–H groups in total. The summed E-state index contributed by atoms with van der Waals surface area (Å²) in [6.45, 7) is 2.98. The van der Waals surface area contributed by atoms with Crippen molar-refractivity contribution in [2.45, 2.75) is 19.6 Å². The van der Waals surface area contributed by atoms with Crippen LogP contribution in [-0.4, -0.2) is 20.3 Å². The first-order valence-electron chi connectivity index (χ1n) is 7.54. The van der Waals surface area contributed by atoms with Crippen LogP contribution in [0.5, 0.6) is 5.75 Å². The molecule has 2 aromatic carbocycles. The number of halogens is 2. The van der Waals surface area contributed by atoms with Gasteiger partial charge < -0.3 is 14.8 Å². The largest absolute Gasteiger partial charge is 0.489 e. The van der Waals surface area contributed by atoms with Crippen LogP contribution in [0, 0.1) is 0 Å². The number of hydrogen-bond acceptors (Lipinski definition) is 3. The summed E-state index contributed by atoms with van der Waals surface area (Å²) in [5.74, 6) is 0.840. The van der Waals surface area contributed by atoms with Crippen LogP contribution in [0.1, 0.15) is 17.5 Å². The topological polar surface area (TPSA) is 30.5 Å². The highest BCUT2D eigenvalue weighted by molar-refractivity contribution is 6.42. The van der Waals surface area contributed by atoms with Crippen molar-refractivity contribution in [1.29, 1.82) is 0 Å². The summed E-state index contributed by atoms with van der Waals surface area (Å²) in [5, 5.41) is 4.48. The smallest absolute Gasteiger partial charge is 0.120 e. The Morgan fingerprint density at radius 1 is 1.00 bits per heavy atom. The van der Waals surface area contributed by atoms with E-state index in [0.29, 0.717) is 16.7 Å². The molecule has 2 rings (SSSR count). The average Bonchev–Trinajstić information content (AvgIpc) is 2.56. The molecule has 0 bridgehead atoms. The van der Waals surface area contributed by atoms with Crippen molar-refractivity contribution in [2.24, 2.45) is 0 Å². The number of ether oxygens (including phenoxy) is 2. The number of nitrogens with one attached hydrogen (secondary N) is 1. The van der Waals surface area contributed by atoms with Crippen LogP contribution in [0.15, 0.2) is 42.5 Å². The summed E-state index contributed by atoms with van der Waals surface area (Å²) in [6.07, 6.45) is 1.00. The summed E-state index contributed by atoms with van der Waals surface area (Å²) in [7, 11) is 1.72. The predicted octanol–water partition coefficient (Wildman–Crippen LogP) is 4.70. The summed E-state index contributed by atoms with van der Waals surface area (Å²) in [6, 6.07) is 13.6. The van der Waals surface area contributed by atoms with Crippen molar-refractivity contribution < 1.29 is 9.47 Å². The molecule has 0 aromatic heterocycles. The van der Waals surface area contributed by atoms with Gasteiger partial charge in [-0.15, -0.1) is 0 Å². The molecule has 0 unspecified atom stereocenters. The molecule has 124 valence electrons. The summed E-state index contributed by atoms with van der Waals surface area (Å²) < 4.78 is 10.8. The van der Waals surface area contributed by atoms with Crippen LogP contribution >= 0.6 is 23.2 Å². The molecule has 0 aliphatic rings. The van der Waals surface area contributed by atoms with Gasteiger partial charge in [0.15, 0.2) is 0 Å². The third-order valence-corrected chi connectivity index (χ3v) is 4.06. The number of methoxy groups -OCH3 is 1. The van der Waals surface area contributed by atoms with Crippen molar-refractivity contribution in [1.82, 2.24) is 5.32 Å². The van der Waals surface area contributed by atoms with E-state index in [-0.39, 0.29) is 0 Å². The van der Waals surface area contributed by atoms with Gasteiger partial charge in [0.1, 0.15) is 12.4 Å². The maximum Gasteiger partial charge on any atom is 0.120 e. The number of hydrogen-bond donors (Lipinski definition) is 1. The zero-order chi connectivity index (χ0) is 16.5. The highest BCUT2D eigenvalue weighted by Gasteiger charge is 2.02. The Labute approximate surface area is 147 Å². The van der Waals surface area contributed by atoms with Gasteiger partial charge in [0.05, 0.1) is 10.0 Å². The third-order valence-electron chi connectivity index (χ3n) is 3.32. The maximum atomic E-state index is 6.01. The van der Waals surface area contributed by atoms with Gasteiger partial charge in [-0.1, -0.05) is 41.4 Å². The minimum atomic E-state index is 0.460. The SMILES string of the molecule is COCCCNCc1cccc(OCc2ccc(Cl)c(Cl)c2)c1. The van der Waals surface area contributed by atoms with E-state index in [4.69, 9.17) is 32.7 Å². The highest BCUT2D eigenvalue weighted by atomic mass is 35.5. The normalized spacial score (nSPS) is 10.7. The van der Waals surface area contributed by atoms with Gasteiger partial charge in [-0.3, -0.25) is 0 Å². The zero-order valence-corrected chi connectivity index (χ0v) is 14.7. The molecular formula is C18H21Cl2NO2. The van der Waals surface area contributed by atoms with E-state index >= 15 is 0 Å². The fourth-order valence-electron chi connectivity index (χ4n) is 2.12. The molecule has 0 atom stereocenters. The van der Waals surface area contributed by atoms with Crippen LogP contribution in [-0.2, 0) is 17.9 Å². The maximum absolute atomic E-state index is 6.01. The lowest BCUT2D eigenvalue weighted by atomic mass is 10.2. The number of benzene rings is 2. The van der Waals surface area contributed by atoms with Crippen LogP contribution < -0.4 is 10.1 Å². The van der Waals surface area contributed by atoms with E-state index in [1.54, 1.807) is 13.2 Å². The number of rotatable bonds is 9. The van der Waals surface area contributed by atoms with Gasteiger partial charge in [0, 0.05) is 20.3 Å². The van der Waals surface area contributed by atoms with Gasteiger partial charge >= 0.3 is 0 Å². The second-order valence-corrected chi connectivity index (χ2v) is 6.02. The third kappa shape index (κ3) is 6.40. The van der Waals surface area contributed by atoms with Crippen LogP contribution in [0.4, 0.5) is 0 Å². The quantitative estimate of drug-likeness (QED) is 0.662. The Balaban J connectivity index is 1.83. The molecule has 0 heterocycles. The van der Waals surface area contributed by atoms with Gasteiger partial charge in [-0.05, 0) is 48.4 Å². The van der Waals surface area contributed by atoms with Gasteiger partial charge in [-0.2, -0.15) is 0 Å². The monoisotopic (exact) mass is 353 g/mol. The molecular weight excluding hydrogens is 333 g/mol. The van der Waals surface area contributed by atoms with Crippen molar-refractivity contribution in [3.8, 4) is 5.75 Å². The standard InChI is InChI=1S/C18H21Cl2NO2/c1-22-9-3-8-21-12-14-4-2-5-16(10-14)23-13-15-6-7-17(19)18(20)11-15/h2,4-7,10-11,21H,3,8-9,12-13H2,1H3. The summed E-state index contributed by atoms with van der Waals surface area (Å²) in [4.78, 5) is 0. The predicted molar refractivity (Wildman–Crippen MR) is 95.4 cm³/mol. The molecule has 0 saturated heterocycles. The average molecular weight is 354 g/mol. The molecule has 0 aliphatic carbocycles. The molecule has 0 radical (unpaired) electrons. The van der Waals surface area contributed by atoms with Crippen LogP contribution in [0.3, 0.4) is 0 Å². The Hall–Kier alpha value is -1.26. The van der Waals surface area contributed by atoms with E-state index in [2.05, 4.69) is 11.4 Å². The molecule has 3 nitrogen and oxygen atoms in total. The Bertz CT molecular complexity index is 620. The molecule has 0 spiro atoms. The minimum Gasteiger partial charge on any atom is -0.489 e. The zero-order valence-electron chi connectivity index (χ0n) is 13.1. The van der Waals surface area contributed by atoms with Crippen molar-refractivity contribution in [3.63, 3.8) is 0 Å². The Morgan fingerprint density at radius 3 is 2.65 bits per heavy atom. The molecule has 0 amide bonds. The van der Waals surface area contributed by atoms with Gasteiger partial charge in [-0.25, -0.2) is 0 Å². The highest BCUT2D eigenvalue weighted by Crippen LogP contribution is 2.23. The minimum absolute atomic E-state index is 0.460. The first-order valence-corrected chi connectivity index (χ1v) is 8.30. The van der Waals surface area contributed by atoms with Gasteiger partial charge in [0.2, 0.25) is 0 Å². The van der Waals surface area contributed by atoms with E-state index < -0.39 is 0 Å². The summed E-state index contributed by atoms with van der Waals surface area (Å²) in [5.41, 5.74) is 2.18. The van der Waals surface area contributed by atoms with E-state index in [1.807, 2.05) is 30.3 Å². The molecule has 0 saturated carbocycles. The molecule has 0 fully saturated rings. The van der Waals surface area contributed by atoms with E-state index in [9.17, 15) is 0 Å². The Kier molecular flexibility index (Phi) is 7.69. The lowest BCUT2D eigenvalue weighted by molar-refractivity contribution is 0.194. The molecule has 23 heavy (non-hydrogen) atoms.